The van der Waals surface area contributed by atoms with Gasteiger partial charge in [-0.3, -0.25) is 0 Å². The van der Waals surface area contributed by atoms with E-state index in [2.05, 4.69) is 17.3 Å². The third-order valence-corrected chi connectivity index (χ3v) is 1.72. The van der Waals surface area contributed by atoms with Crippen LogP contribution in [0.15, 0.2) is 35.5 Å². The molecule has 0 aliphatic heterocycles. The molecule has 1 aromatic carbocycles. The Balaban J connectivity index is 2.24. The van der Waals surface area contributed by atoms with E-state index >= 15 is 0 Å². The maximum absolute atomic E-state index is 8.13. The van der Waals surface area contributed by atoms with E-state index in [-0.39, 0.29) is 0 Å². The number of oxime groups is 1. The second-order valence-electron chi connectivity index (χ2n) is 2.68. The summed E-state index contributed by atoms with van der Waals surface area (Å²) in [7, 11) is 0. The van der Waals surface area contributed by atoms with Crippen molar-refractivity contribution in [2.24, 2.45) is 5.16 Å². The highest BCUT2D eigenvalue weighted by atomic mass is 16.4. The average Bonchev–Trinajstić information content (AvgIpc) is 2.14. The van der Waals surface area contributed by atoms with E-state index in [1.165, 1.54) is 11.8 Å². The van der Waals surface area contributed by atoms with E-state index in [1.54, 1.807) is 0 Å². The van der Waals surface area contributed by atoms with Gasteiger partial charge in [-0.05, 0) is 24.8 Å². The van der Waals surface area contributed by atoms with Gasteiger partial charge < -0.3 is 5.21 Å². The molecule has 1 N–H and O–H groups in total. The molecule has 1 rings (SSSR count). The van der Waals surface area contributed by atoms with Gasteiger partial charge in [-0.2, -0.15) is 0 Å². The van der Waals surface area contributed by atoms with Crippen LogP contribution in [0.2, 0.25) is 0 Å². The van der Waals surface area contributed by atoms with Gasteiger partial charge >= 0.3 is 0 Å². The average molecular weight is 163 g/mol. The number of rotatable bonds is 4. The van der Waals surface area contributed by atoms with E-state index in [0.717, 1.165) is 19.3 Å². The third kappa shape index (κ3) is 3.19. The Hall–Kier alpha value is -1.31. The molecule has 0 heterocycles. The predicted molar refractivity (Wildman–Crippen MR) is 49.7 cm³/mol. The molecule has 2 heteroatoms. The van der Waals surface area contributed by atoms with Crippen molar-refractivity contribution in [1.29, 1.82) is 0 Å². The number of unbranched alkanes of at least 4 members (excludes halogenated alkanes) is 1. The molecule has 1 aromatic rings. The smallest absolute Gasteiger partial charge is 0.0436 e. The van der Waals surface area contributed by atoms with E-state index in [9.17, 15) is 0 Å². The van der Waals surface area contributed by atoms with Crippen LogP contribution in [0.3, 0.4) is 0 Å². The quantitative estimate of drug-likeness (QED) is 0.314. The van der Waals surface area contributed by atoms with Crippen LogP contribution in [-0.4, -0.2) is 11.4 Å². The minimum absolute atomic E-state index is 0.839. The Morgan fingerprint density at radius 3 is 2.67 bits per heavy atom. The summed E-state index contributed by atoms with van der Waals surface area (Å²) in [4.78, 5) is 0. The molecule has 12 heavy (non-hydrogen) atoms. The maximum atomic E-state index is 8.13. The van der Waals surface area contributed by atoms with Crippen molar-refractivity contribution < 1.29 is 5.21 Å². The highest BCUT2D eigenvalue weighted by Gasteiger charge is 1.89. The van der Waals surface area contributed by atoms with Crippen molar-refractivity contribution in [1.82, 2.24) is 0 Å². The predicted octanol–water partition coefficient (Wildman–Crippen LogP) is 2.47. The Morgan fingerprint density at radius 1 is 1.25 bits per heavy atom. The van der Waals surface area contributed by atoms with Gasteiger partial charge in [0, 0.05) is 6.21 Å². The number of benzene rings is 1. The topological polar surface area (TPSA) is 32.6 Å². The largest absolute Gasteiger partial charge is 0.411 e. The zero-order valence-corrected chi connectivity index (χ0v) is 6.98. The summed E-state index contributed by atoms with van der Waals surface area (Å²) >= 11 is 0. The first kappa shape index (κ1) is 8.78. The first-order valence-electron chi connectivity index (χ1n) is 4.13. The van der Waals surface area contributed by atoms with Gasteiger partial charge in [0.15, 0.2) is 0 Å². The van der Waals surface area contributed by atoms with Gasteiger partial charge in [-0.15, -0.1) is 5.16 Å². The summed E-state index contributed by atoms with van der Waals surface area (Å²) in [5.41, 5.74) is 1.34. The van der Waals surface area contributed by atoms with Crippen LogP contribution in [0.25, 0.3) is 0 Å². The molecular weight excluding hydrogens is 150 g/mol. The zero-order valence-electron chi connectivity index (χ0n) is 6.98. The van der Waals surface area contributed by atoms with Crippen molar-refractivity contribution in [3.63, 3.8) is 0 Å². The van der Waals surface area contributed by atoms with Crippen LogP contribution in [0.5, 0.6) is 0 Å². The molecule has 0 saturated carbocycles. The number of hydrogen-bond acceptors (Lipinski definition) is 2. The van der Waals surface area contributed by atoms with Crippen LogP contribution in [0.4, 0.5) is 0 Å². The van der Waals surface area contributed by atoms with Crippen LogP contribution < -0.4 is 0 Å². The Labute approximate surface area is 72.5 Å². The minimum atomic E-state index is 0.839. The second kappa shape index (κ2) is 5.35. The van der Waals surface area contributed by atoms with Crippen molar-refractivity contribution in [3.8, 4) is 0 Å². The molecule has 0 spiro atoms. The molecule has 0 saturated heterocycles. The van der Waals surface area contributed by atoms with Gasteiger partial charge in [-0.1, -0.05) is 30.3 Å². The lowest BCUT2D eigenvalue weighted by atomic mass is 10.1. The van der Waals surface area contributed by atoms with E-state index < -0.39 is 0 Å². The first-order chi connectivity index (χ1) is 5.93. The molecule has 2 nitrogen and oxygen atoms in total. The fourth-order valence-electron chi connectivity index (χ4n) is 1.10. The second-order valence-corrected chi connectivity index (χ2v) is 2.68. The summed E-state index contributed by atoms with van der Waals surface area (Å²) in [6.45, 7) is 0. The summed E-state index contributed by atoms with van der Waals surface area (Å²) in [5.74, 6) is 0. The van der Waals surface area contributed by atoms with E-state index in [4.69, 9.17) is 5.21 Å². The van der Waals surface area contributed by atoms with Gasteiger partial charge in [0.1, 0.15) is 0 Å². The lowest BCUT2D eigenvalue weighted by Crippen LogP contribution is -1.85. The van der Waals surface area contributed by atoms with Crippen molar-refractivity contribution in [3.05, 3.63) is 35.9 Å². The molecule has 0 bridgehead atoms. The number of hydrogen-bond donors (Lipinski definition) is 1. The molecule has 64 valence electrons. The van der Waals surface area contributed by atoms with Crippen molar-refractivity contribution in [2.45, 2.75) is 19.3 Å². The van der Waals surface area contributed by atoms with Gasteiger partial charge in [0.05, 0.1) is 0 Å². The maximum Gasteiger partial charge on any atom is 0.0436 e. The molecule has 0 aliphatic carbocycles. The number of aryl methyl sites for hydroxylation is 1. The third-order valence-electron chi connectivity index (χ3n) is 1.72. The molecule has 0 fully saturated rings. The fourth-order valence-corrected chi connectivity index (χ4v) is 1.10. The minimum Gasteiger partial charge on any atom is -0.411 e. The van der Waals surface area contributed by atoms with Crippen molar-refractivity contribution >= 4 is 6.21 Å². The normalized spacial score (nSPS) is 10.7. The first-order valence-corrected chi connectivity index (χ1v) is 4.13. The molecule has 0 unspecified atom stereocenters. The highest BCUT2D eigenvalue weighted by Crippen LogP contribution is 2.02. The highest BCUT2D eigenvalue weighted by molar-refractivity contribution is 5.55. The molecule has 0 aliphatic rings. The Morgan fingerprint density at radius 2 is 2.00 bits per heavy atom. The van der Waals surface area contributed by atoms with Crippen LogP contribution in [0, 0.1) is 0 Å². The van der Waals surface area contributed by atoms with Crippen LogP contribution in [0.1, 0.15) is 18.4 Å². The van der Waals surface area contributed by atoms with E-state index in [1.807, 2.05) is 18.2 Å². The fraction of sp³-hybridized carbons (Fsp3) is 0.300. The number of nitrogens with zero attached hydrogens (tertiary/aromatic N) is 1. The molecular formula is C10H13NO. The lowest BCUT2D eigenvalue weighted by Gasteiger charge is -1.96. The van der Waals surface area contributed by atoms with Gasteiger partial charge in [-0.25, -0.2) is 0 Å². The van der Waals surface area contributed by atoms with Crippen LogP contribution in [-0.2, 0) is 6.42 Å². The Kier molecular flexibility index (Phi) is 3.92. The molecule has 0 radical (unpaired) electrons. The zero-order chi connectivity index (χ0) is 8.65. The lowest BCUT2D eigenvalue weighted by molar-refractivity contribution is 0.320. The SMILES string of the molecule is O/N=C/CCCc1ccccc1. The van der Waals surface area contributed by atoms with Crippen LogP contribution >= 0.6 is 0 Å². The molecule has 0 amide bonds. The standard InChI is InChI=1S/C10H13NO/c12-11-9-5-4-8-10-6-2-1-3-7-10/h1-3,6-7,9,12H,4-5,8H2/b11-9+. The Bertz CT molecular complexity index is 231. The summed E-state index contributed by atoms with van der Waals surface area (Å²) in [6.07, 6.45) is 4.45. The van der Waals surface area contributed by atoms with E-state index in [0.29, 0.717) is 0 Å². The monoisotopic (exact) mass is 163 g/mol. The van der Waals surface area contributed by atoms with Crippen molar-refractivity contribution in [2.75, 3.05) is 0 Å². The molecule has 0 aromatic heterocycles. The molecule has 0 atom stereocenters. The summed E-state index contributed by atoms with van der Waals surface area (Å²) in [6, 6.07) is 10.3. The van der Waals surface area contributed by atoms with Gasteiger partial charge in [0.25, 0.3) is 0 Å². The van der Waals surface area contributed by atoms with Gasteiger partial charge in [0.2, 0.25) is 0 Å². The summed E-state index contributed by atoms with van der Waals surface area (Å²) < 4.78 is 0. The summed E-state index contributed by atoms with van der Waals surface area (Å²) in [5, 5.41) is 11.1.